The fraction of sp³-hybridized carbons (Fsp3) is 0.500. The van der Waals surface area contributed by atoms with Gasteiger partial charge in [-0.3, -0.25) is 4.99 Å². The van der Waals surface area contributed by atoms with Crippen molar-refractivity contribution >= 4 is 0 Å². The molecule has 0 saturated heterocycles. The molecule has 2 nitrogen and oxygen atoms in total. The van der Waals surface area contributed by atoms with Crippen molar-refractivity contribution < 1.29 is 5.73 Å². The first-order valence-electron chi connectivity index (χ1n) is 2.95. The van der Waals surface area contributed by atoms with Gasteiger partial charge in [-0.15, -0.1) is 0 Å². The van der Waals surface area contributed by atoms with Gasteiger partial charge in [-0.05, 0) is 12.1 Å². The highest BCUT2D eigenvalue weighted by Crippen LogP contribution is 1.76. The van der Waals surface area contributed by atoms with Crippen molar-refractivity contribution in [3.63, 3.8) is 0 Å². The lowest BCUT2D eigenvalue weighted by molar-refractivity contribution is -0.367. The Bertz CT molecular complexity index is 149. The fourth-order valence-corrected chi connectivity index (χ4v) is 0.463. The number of hydrogen-bond donors (Lipinski definition) is 1. The first kappa shape index (κ1) is 5.51. The number of nitrogens with zero attached hydrogens (tertiary/aromatic N) is 1. The van der Waals surface area contributed by atoms with Crippen LogP contribution >= 0.6 is 0 Å². The lowest BCUT2D eigenvalue weighted by Gasteiger charge is -1.81. The second kappa shape index (κ2) is 2.62. The molecule has 3 N–H and O–H groups in total. The van der Waals surface area contributed by atoms with Crippen LogP contribution in [0.1, 0.15) is 6.42 Å². The highest BCUT2D eigenvalue weighted by molar-refractivity contribution is 5.00. The Kier molecular flexibility index (Phi) is 1.80. The molecule has 44 valence electrons. The van der Waals surface area contributed by atoms with Gasteiger partial charge in [0.2, 0.25) is 0 Å². The van der Waals surface area contributed by atoms with Crippen molar-refractivity contribution in [1.29, 1.82) is 0 Å². The summed E-state index contributed by atoms with van der Waals surface area (Å²) in [5, 5.41) is 1.17. The van der Waals surface area contributed by atoms with Crippen LogP contribution in [-0.4, -0.2) is 13.1 Å². The third-order valence-corrected chi connectivity index (χ3v) is 1.02. The Balaban J connectivity index is 2.08. The maximum Gasteiger partial charge on any atom is 0.0757 e. The van der Waals surface area contributed by atoms with E-state index in [0.29, 0.717) is 0 Å². The van der Waals surface area contributed by atoms with E-state index in [-0.39, 0.29) is 0 Å². The molecule has 0 radical (unpaired) electrons. The van der Waals surface area contributed by atoms with Gasteiger partial charge in [-0.1, -0.05) is 0 Å². The van der Waals surface area contributed by atoms with Crippen LogP contribution in [0.25, 0.3) is 0 Å². The summed E-state index contributed by atoms with van der Waals surface area (Å²) in [6.45, 7) is 1.95. The molecule has 0 aliphatic carbocycles. The van der Waals surface area contributed by atoms with E-state index < -0.39 is 0 Å². The summed E-state index contributed by atoms with van der Waals surface area (Å²) in [5.74, 6) is 0. The summed E-state index contributed by atoms with van der Waals surface area (Å²) < 4.78 is 0. The SMILES string of the molecule is [NH3+]CCCN=c1cc1. The topological polar surface area (TPSA) is 40.0 Å². The minimum atomic E-state index is 0.950. The Labute approximate surface area is 48.7 Å². The average Bonchev–Trinajstić information content (AvgIpc) is 2.51. The molecule has 0 aliphatic heterocycles. The molecule has 0 saturated carbocycles. The Hall–Kier alpha value is -0.630. The van der Waals surface area contributed by atoms with E-state index in [1.807, 2.05) is 12.1 Å². The molecule has 0 unspecified atom stereocenters. The molecule has 1 rings (SSSR count). The van der Waals surface area contributed by atoms with E-state index in [1.165, 1.54) is 5.36 Å². The normalized spacial score (nSPS) is 10.1. The molecule has 0 heterocycles. The van der Waals surface area contributed by atoms with E-state index in [1.54, 1.807) is 0 Å². The third kappa shape index (κ3) is 1.89. The van der Waals surface area contributed by atoms with Crippen LogP contribution in [0.3, 0.4) is 0 Å². The maximum absolute atomic E-state index is 4.19. The molecule has 2 heteroatoms. The molecule has 0 atom stereocenters. The van der Waals surface area contributed by atoms with Crippen molar-refractivity contribution in [2.75, 3.05) is 13.1 Å². The second-order valence-corrected chi connectivity index (χ2v) is 1.85. The molecule has 1 aromatic carbocycles. The summed E-state index contributed by atoms with van der Waals surface area (Å²) >= 11 is 0. The lowest BCUT2D eigenvalue weighted by atomic mass is 10.4. The van der Waals surface area contributed by atoms with Crippen LogP contribution in [0.2, 0.25) is 0 Å². The molecule has 0 fully saturated rings. The summed E-state index contributed by atoms with van der Waals surface area (Å²) in [4.78, 5) is 4.19. The summed E-state index contributed by atoms with van der Waals surface area (Å²) in [7, 11) is 0. The predicted molar refractivity (Wildman–Crippen MR) is 31.6 cm³/mol. The van der Waals surface area contributed by atoms with Crippen molar-refractivity contribution in [1.82, 2.24) is 0 Å². The van der Waals surface area contributed by atoms with Crippen LogP contribution in [0.15, 0.2) is 17.1 Å². The highest BCUT2D eigenvalue weighted by Gasteiger charge is 1.85. The maximum atomic E-state index is 4.19. The molecule has 0 amide bonds. The minimum absolute atomic E-state index is 0.950. The van der Waals surface area contributed by atoms with Crippen molar-refractivity contribution in [2.24, 2.45) is 4.99 Å². The minimum Gasteiger partial charge on any atom is -0.358 e. The third-order valence-electron chi connectivity index (χ3n) is 1.02. The molecule has 0 aromatic heterocycles. The van der Waals surface area contributed by atoms with Crippen LogP contribution in [0, 0.1) is 0 Å². The first-order chi connectivity index (χ1) is 3.93. The molecule has 0 bridgehead atoms. The smallest absolute Gasteiger partial charge is 0.0757 e. The summed E-state index contributed by atoms with van der Waals surface area (Å²) in [6, 6.07) is 4.03. The van der Waals surface area contributed by atoms with E-state index in [0.717, 1.165) is 19.5 Å². The molecule has 8 heavy (non-hydrogen) atoms. The van der Waals surface area contributed by atoms with Gasteiger partial charge in [0.15, 0.2) is 0 Å². The molecule has 0 spiro atoms. The highest BCUT2D eigenvalue weighted by atomic mass is 14.7. The van der Waals surface area contributed by atoms with Crippen LogP contribution in [-0.2, 0) is 0 Å². The predicted octanol–water partition coefficient (Wildman–Crippen LogP) is -0.905. The number of quaternary nitrogens is 1. The van der Waals surface area contributed by atoms with Gasteiger partial charge in [0.1, 0.15) is 0 Å². The zero-order valence-electron chi connectivity index (χ0n) is 4.93. The van der Waals surface area contributed by atoms with Gasteiger partial charge in [0.05, 0.1) is 11.9 Å². The molecule has 0 aliphatic rings. The second-order valence-electron chi connectivity index (χ2n) is 1.85. The van der Waals surface area contributed by atoms with Gasteiger partial charge in [-0.25, -0.2) is 0 Å². The quantitative estimate of drug-likeness (QED) is 0.491. The number of rotatable bonds is 3. The van der Waals surface area contributed by atoms with Gasteiger partial charge in [0.25, 0.3) is 0 Å². The Morgan fingerprint density at radius 1 is 1.50 bits per heavy atom. The fourth-order valence-electron chi connectivity index (χ4n) is 0.463. The molecular weight excluding hydrogens is 100 g/mol. The first-order valence-corrected chi connectivity index (χ1v) is 2.95. The van der Waals surface area contributed by atoms with Gasteiger partial charge in [-0.2, -0.15) is 0 Å². The van der Waals surface area contributed by atoms with E-state index in [2.05, 4.69) is 10.7 Å². The van der Waals surface area contributed by atoms with E-state index >= 15 is 0 Å². The zero-order valence-corrected chi connectivity index (χ0v) is 4.93. The van der Waals surface area contributed by atoms with Gasteiger partial charge >= 0.3 is 0 Å². The van der Waals surface area contributed by atoms with Crippen molar-refractivity contribution in [3.8, 4) is 0 Å². The number of hydrogen-bond acceptors (Lipinski definition) is 1. The van der Waals surface area contributed by atoms with Crippen molar-refractivity contribution in [2.45, 2.75) is 6.42 Å². The molecule has 1 aromatic rings. The standard InChI is InChI=1S/C6H10N2/c7-4-1-5-8-6-2-3-6/h2-3H,1,4-5,7H2/p+1. The van der Waals surface area contributed by atoms with Gasteiger partial charge in [0, 0.05) is 13.0 Å². The van der Waals surface area contributed by atoms with Gasteiger partial charge < -0.3 is 5.73 Å². The summed E-state index contributed by atoms with van der Waals surface area (Å²) in [6.07, 6.45) is 1.12. The Morgan fingerprint density at radius 2 is 2.25 bits per heavy atom. The van der Waals surface area contributed by atoms with E-state index in [4.69, 9.17) is 0 Å². The van der Waals surface area contributed by atoms with Crippen LogP contribution < -0.4 is 11.1 Å². The van der Waals surface area contributed by atoms with E-state index in [9.17, 15) is 0 Å². The molecular formula is C6H11N2+. The largest absolute Gasteiger partial charge is 0.358 e. The van der Waals surface area contributed by atoms with Crippen LogP contribution in [0.5, 0.6) is 0 Å². The monoisotopic (exact) mass is 111 g/mol. The zero-order chi connectivity index (χ0) is 5.82. The average molecular weight is 111 g/mol. The van der Waals surface area contributed by atoms with Crippen molar-refractivity contribution in [3.05, 3.63) is 17.5 Å². The lowest BCUT2D eigenvalue weighted by Crippen LogP contribution is -2.50. The van der Waals surface area contributed by atoms with Crippen LogP contribution in [0.4, 0.5) is 0 Å². The Morgan fingerprint density at radius 3 is 2.75 bits per heavy atom. The summed E-state index contributed by atoms with van der Waals surface area (Å²) in [5.41, 5.74) is 3.71.